The molecule has 1 amide bonds. The molecule has 0 atom stereocenters. The maximum Gasteiger partial charge on any atom is 0.338 e. The lowest BCUT2D eigenvalue weighted by molar-refractivity contribution is -0.133. The van der Waals surface area contributed by atoms with Gasteiger partial charge in [-0.2, -0.15) is 0 Å². The summed E-state index contributed by atoms with van der Waals surface area (Å²) in [5, 5.41) is 3.89. The minimum atomic E-state index is -0.582. The molecule has 32 heavy (non-hydrogen) atoms. The highest BCUT2D eigenvalue weighted by atomic mass is 16.5. The maximum absolute atomic E-state index is 12.4. The molecule has 1 aromatic heterocycles. The Morgan fingerprint density at radius 2 is 1.78 bits per heavy atom. The topological polar surface area (TPSA) is 91.1 Å². The molecule has 0 saturated carbocycles. The largest absolute Gasteiger partial charge is 0.496 e. The Balaban J connectivity index is 1.49. The molecule has 0 fully saturated rings. The van der Waals surface area contributed by atoms with Crippen molar-refractivity contribution in [3.05, 3.63) is 76.7 Å². The number of aryl methyl sites for hydroxylation is 2. The van der Waals surface area contributed by atoms with Gasteiger partial charge in [0.25, 0.3) is 5.91 Å². The average Bonchev–Trinajstić information content (AvgIpc) is 3.13. The molecule has 3 aromatic rings. The Bertz CT molecular complexity index is 1050. The minimum Gasteiger partial charge on any atom is -0.496 e. The van der Waals surface area contributed by atoms with Gasteiger partial charge in [-0.05, 0) is 44.2 Å². The Hall–Kier alpha value is -3.81. The van der Waals surface area contributed by atoms with Crippen molar-refractivity contribution in [2.75, 3.05) is 20.8 Å². The maximum atomic E-state index is 12.4. The number of esters is 1. The fourth-order valence-electron chi connectivity index (χ4n) is 3.05. The Morgan fingerprint density at radius 1 is 1.06 bits per heavy atom. The number of carbonyl (C=O) groups is 2. The zero-order valence-corrected chi connectivity index (χ0v) is 18.6. The molecule has 0 radical (unpaired) electrons. The summed E-state index contributed by atoms with van der Waals surface area (Å²) in [6.45, 7) is 3.99. The van der Waals surface area contributed by atoms with Crippen LogP contribution in [-0.2, 0) is 22.7 Å². The highest BCUT2D eigenvalue weighted by Crippen LogP contribution is 2.20. The standard InChI is InChI=1S/C24H26N2O6/c1-16-21(17(2)32-25-16)14-30-20-11-9-18(10-12-20)24(28)31-15-23(27)26(3)13-19-7-5-6-8-22(19)29-4/h5-12H,13-15H2,1-4H3. The van der Waals surface area contributed by atoms with E-state index in [0.29, 0.717) is 36.0 Å². The zero-order chi connectivity index (χ0) is 23.1. The van der Waals surface area contributed by atoms with Gasteiger partial charge in [-0.25, -0.2) is 4.79 Å². The predicted octanol–water partition coefficient (Wildman–Crippen LogP) is 3.69. The molecule has 2 aromatic carbocycles. The van der Waals surface area contributed by atoms with E-state index in [0.717, 1.165) is 16.8 Å². The monoisotopic (exact) mass is 438 g/mol. The summed E-state index contributed by atoms with van der Waals surface area (Å²) >= 11 is 0. The second-order valence-corrected chi connectivity index (χ2v) is 7.25. The van der Waals surface area contributed by atoms with Crippen molar-refractivity contribution in [3.63, 3.8) is 0 Å². The van der Waals surface area contributed by atoms with Crippen LogP contribution in [0.25, 0.3) is 0 Å². The number of para-hydroxylation sites is 1. The second-order valence-electron chi connectivity index (χ2n) is 7.25. The summed E-state index contributed by atoms with van der Waals surface area (Å²) in [5.41, 5.74) is 2.87. The van der Waals surface area contributed by atoms with Crippen LogP contribution in [0.1, 0.15) is 32.9 Å². The van der Waals surface area contributed by atoms with Crippen molar-refractivity contribution in [1.82, 2.24) is 10.1 Å². The fraction of sp³-hybridized carbons (Fsp3) is 0.292. The molecular weight excluding hydrogens is 412 g/mol. The van der Waals surface area contributed by atoms with Crippen LogP contribution in [0.2, 0.25) is 0 Å². The predicted molar refractivity (Wildman–Crippen MR) is 117 cm³/mol. The van der Waals surface area contributed by atoms with Crippen LogP contribution >= 0.6 is 0 Å². The summed E-state index contributed by atoms with van der Waals surface area (Å²) in [5.74, 6) is 1.10. The van der Waals surface area contributed by atoms with Crippen LogP contribution in [0.3, 0.4) is 0 Å². The number of nitrogens with zero attached hydrogens (tertiary/aromatic N) is 2. The first-order valence-electron chi connectivity index (χ1n) is 10.1. The van der Waals surface area contributed by atoms with E-state index in [1.807, 2.05) is 38.1 Å². The van der Waals surface area contributed by atoms with Crippen LogP contribution in [0.15, 0.2) is 53.1 Å². The third-order valence-electron chi connectivity index (χ3n) is 5.01. The molecule has 0 saturated heterocycles. The van der Waals surface area contributed by atoms with Gasteiger partial charge in [-0.15, -0.1) is 0 Å². The molecule has 0 N–H and O–H groups in total. The van der Waals surface area contributed by atoms with Gasteiger partial charge in [0.15, 0.2) is 6.61 Å². The number of likely N-dealkylation sites (N-methyl/N-ethyl adjacent to an activating group) is 1. The van der Waals surface area contributed by atoms with E-state index in [2.05, 4.69) is 5.16 Å². The molecule has 8 heteroatoms. The average molecular weight is 438 g/mol. The molecule has 0 aliphatic heterocycles. The van der Waals surface area contributed by atoms with Crippen LogP contribution in [0, 0.1) is 13.8 Å². The number of methoxy groups -OCH3 is 1. The van der Waals surface area contributed by atoms with Crippen LogP contribution in [0.4, 0.5) is 0 Å². The summed E-state index contributed by atoms with van der Waals surface area (Å²) in [6, 6.07) is 14.0. The van der Waals surface area contributed by atoms with E-state index in [9.17, 15) is 9.59 Å². The lowest BCUT2D eigenvalue weighted by Gasteiger charge is -2.18. The minimum absolute atomic E-state index is 0.316. The lowest BCUT2D eigenvalue weighted by Crippen LogP contribution is -2.31. The molecule has 168 valence electrons. The summed E-state index contributed by atoms with van der Waals surface area (Å²) in [4.78, 5) is 26.1. The van der Waals surface area contributed by atoms with Crippen LogP contribution in [-0.4, -0.2) is 42.7 Å². The zero-order valence-electron chi connectivity index (χ0n) is 18.6. The van der Waals surface area contributed by atoms with Gasteiger partial charge in [-0.3, -0.25) is 4.79 Å². The van der Waals surface area contributed by atoms with E-state index in [4.69, 9.17) is 18.7 Å². The third kappa shape index (κ3) is 5.66. The van der Waals surface area contributed by atoms with Gasteiger partial charge in [0, 0.05) is 19.2 Å². The number of benzene rings is 2. The lowest BCUT2D eigenvalue weighted by atomic mass is 10.2. The molecule has 3 rings (SSSR count). The molecule has 0 aliphatic rings. The van der Waals surface area contributed by atoms with Gasteiger partial charge < -0.3 is 23.6 Å². The number of hydrogen-bond acceptors (Lipinski definition) is 7. The van der Waals surface area contributed by atoms with Crippen molar-refractivity contribution in [1.29, 1.82) is 0 Å². The van der Waals surface area contributed by atoms with Crippen molar-refractivity contribution >= 4 is 11.9 Å². The Labute approximate surface area is 186 Å². The summed E-state index contributed by atoms with van der Waals surface area (Å²) < 4.78 is 21.3. The molecule has 0 aliphatic carbocycles. The van der Waals surface area contributed by atoms with Crippen molar-refractivity contribution < 1.29 is 28.3 Å². The van der Waals surface area contributed by atoms with Gasteiger partial charge >= 0.3 is 5.97 Å². The van der Waals surface area contributed by atoms with E-state index < -0.39 is 5.97 Å². The Kier molecular flexibility index (Phi) is 7.49. The number of hydrogen-bond donors (Lipinski definition) is 0. The van der Waals surface area contributed by atoms with E-state index in [-0.39, 0.29) is 12.5 Å². The quantitative estimate of drug-likeness (QED) is 0.471. The fourth-order valence-corrected chi connectivity index (χ4v) is 3.05. The van der Waals surface area contributed by atoms with Crippen LogP contribution < -0.4 is 9.47 Å². The van der Waals surface area contributed by atoms with Crippen molar-refractivity contribution in [3.8, 4) is 11.5 Å². The number of carbonyl (C=O) groups excluding carboxylic acids is 2. The normalized spacial score (nSPS) is 10.5. The molecular formula is C24H26N2O6. The number of aromatic nitrogens is 1. The number of ether oxygens (including phenoxy) is 3. The van der Waals surface area contributed by atoms with Gasteiger partial charge in [-0.1, -0.05) is 23.4 Å². The molecule has 0 bridgehead atoms. The SMILES string of the molecule is COc1ccccc1CN(C)C(=O)COC(=O)c1ccc(OCc2c(C)noc2C)cc1. The third-order valence-corrected chi connectivity index (χ3v) is 5.01. The van der Waals surface area contributed by atoms with Gasteiger partial charge in [0.2, 0.25) is 0 Å². The highest BCUT2D eigenvalue weighted by Gasteiger charge is 2.16. The second kappa shape index (κ2) is 10.5. The summed E-state index contributed by atoms with van der Waals surface area (Å²) in [7, 11) is 3.23. The first-order valence-corrected chi connectivity index (χ1v) is 10.1. The van der Waals surface area contributed by atoms with Crippen molar-refractivity contribution in [2.45, 2.75) is 27.0 Å². The van der Waals surface area contributed by atoms with Crippen LogP contribution in [0.5, 0.6) is 11.5 Å². The molecule has 1 heterocycles. The van der Waals surface area contributed by atoms with Gasteiger partial charge in [0.1, 0.15) is 23.9 Å². The Morgan fingerprint density at radius 3 is 2.44 bits per heavy atom. The first-order chi connectivity index (χ1) is 15.4. The molecule has 8 nitrogen and oxygen atoms in total. The summed E-state index contributed by atoms with van der Waals surface area (Å²) in [6.07, 6.45) is 0. The van der Waals surface area contributed by atoms with E-state index in [1.165, 1.54) is 4.90 Å². The number of amides is 1. The van der Waals surface area contributed by atoms with Gasteiger partial charge in [0.05, 0.1) is 23.9 Å². The van der Waals surface area contributed by atoms with E-state index in [1.54, 1.807) is 38.4 Å². The first kappa shape index (κ1) is 22.9. The molecule has 0 spiro atoms. The van der Waals surface area contributed by atoms with Crippen molar-refractivity contribution in [2.24, 2.45) is 0 Å². The number of rotatable bonds is 9. The highest BCUT2D eigenvalue weighted by molar-refractivity contribution is 5.91. The molecule has 0 unspecified atom stereocenters. The van der Waals surface area contributed by atoms with E-state index >= 15 is 0 Å². The smallest absolute Gasteiger partial charge is 0.338 e.